The zero-order chi connectivity index (χ0) is 24.4. The highest BCUT2D eigenvalue weighted by atomic mass is 19.4. The number of pyridine rings is 1. The maximum absolute atomic E-state index is 13.6. The number of carbonyl (C=O) groups is 1. The van der Waals surface area contributed by atoms with Crippen LogP contribution in [0.5, 0.6) is 0 Å². The fourth-order valence-corrected chi connectivity index (χ4v) is 4.10. The third-order valence-corrected chi connectivity index (χ3v) is 5.98. The molecule has 6 nitrogen and oxygen atoms in total. The molecule has 5 rings (SSSR count). The summed E-state index contributed by atoms with van der Waals surface area (Å²) in [7, 11) is 0. The maximum atomic E-state index is 13.6. The standard InChI is InChI=1S/C26H22F3N5O/c27-26(28,29)20-11-12-23(30-17-20)32-13-15-33(16-14-32)25(35)22-18-34(21-9-5-2-6-10-21)31-24(22)19-7-3-1-4-8-19/h1-12,17-18H,13-16H2. The fraction of sp³-hybridized carbons (Fsp3) is 0.192. The number of alkyl halides is 3. The van der Waals surface area contributed by atoms with E-state index in [1.807, 2.05) is 65.6 Å². The third kappa shape index (κ3) is 4.75. The van der Waals surface area contributed by atoms with Crippen LogP contribution in [-0.4, -0.2) is 51.8 Å². The topological polar surface area (TPSA) is 54.3 Å². The second kappa shape index (κ2) is 9.25. The van der Waals surface area contributed by atoms with Crippen molar-refractivity contribution in [2.24, 2.45) is 0 Å². The summed E-state index contributed by atoms with van der Waals surface area (Å²) in [5.41, 5.74) is 2.02. The van der Waals surface area contributed by atoms with Gasteiger partial charge in [0.25, 0.3) is 5.91 Å². The van der Waals surface area contributed by atoms with Crippen molar-refractivity contribution in [3.8, 4) is 16.9 Å². The first-order valence-corrected chi connectivity index (χ1v) is 11.2. The minimum absolute atomic E-state index is 0.133. The van der Waals surface area contributed by atoms with Crippen LogP contribution in [0.2, 0.25) is 0 Å². The van der Waals surface area contributed by atoms with Gasteiger partial charge in [0.15, 0.2) is 0 Å². The van der Waals surface area contributed by atoms with Crippen LogP contribution in [0.1, 0.15) is 15.9 Å². The van der Waals surface area contributed by atoms with E-state index < -0.39 is 11.7 Å². The van der Waals surface area contributed by atoms with E-state index in [1.165, 1.54) is 6.07 Å². The molecule has 4 aromatic rings. The van der Waals surface area contributed by atoms with Crippen molar-refractivity contribution in [1.82, 2.24) is 19.7 Å². The van der Waals surface area contributed by atoms with E-state index in [0.29, 0.717) is 43.3 Å². The Labute approximate surface area is 200 Å². The molecule has 0 radical (unpaired) electrons. The molecule has 1 fully saturated rings. The summed E-state index contributed by atoms with van der Waals surface area (Å²) in [5.74, 6) is 0.332. The second-order valence-corrected chi connectivity index (χ2v) is 8.22. The molecule has 0 aliphatic carbocycles. The summed E-state index contributed by atoms with van der Waals surface area (Å²) < 4.78 is 40.2. The number of rotatable bonds is 4. The van der Waals surface area contributed by atoms with E-state index in [2.05, 4.69) is 4.98 Å². The number of nitrogens with zero attached hydrogens (tertiary/aromatic N) is 5. The molecule has 1 saturated heterocycles. The lowest BCUT2D eigenvalue weighted by Crippen LogP contribution is -2.49. The highest BCUT2D eigenvalue weighted by molar-refractivity contribution is 6.00. The molecule has 0 saturated carbocycles. The summed E-state index contributed by atoms with van der Waals surface area (Å²) >= 11 is 0. The first-order valence-electron chi connectivity index (χ1n) is 11.2. The van der Waals surface area contributed by atoms with Crippen LogP contribution in [0.4, 0.5) is 19.0 Å². The number of hydrogen-bond donors (Lipinski definition) is 0. The van der Waals surface area contributed by atoms with E-state index in [4.69, 9.17) is 5.10 Å². The maximum Gasteiger partial charge on any atom is 0.417 e. The van der Waals surface area contributed by atoms with Crippen molar-refractivity contribution in [2.45, 2.75) is 6.18 Å². The van der Waals surface area contributed by atoms with Gasteiger partial charge in [0, 0.05) is 44.1 Å². The van der Waals surface area contributed by atoms with Gasteiger partial charge >= 0.3 is 6.18 Å². The minimum atomic E-state index is -4.42. The summed E-state index contributed by atoms with van der Waals surface area (Å²) in [4.78, 5) is 21.2. The summed E-state index contributed by atoms with van der Waals surface area (Å²) in [6.45, 7) is 1.79. The van der Waals surface area contributed by atoms with Crippen molar-refractivity contribution in [2.75, 3.05) is 31.1 Å². The number of carbonyl (C=O) groups excluding carboxylic acids is 1. The van der Waals surface area contributed by atoms with Crippen molar-refractivity contribution in [3.05, 3.63) is 96.3 Å². The average Bonchev–Trinajstić information content (AvgIpc) is 3.35. The van der Waals surface area contributed by atoms with Gasteiger partial charge in [-0.1, -0.05) is 48.5 Å². The summed E-state index contributed by atoms with van der Waals surface area (Å²) in [6, 6.07) is 21.5. The van der Waals surface area contributed by atoms with Crippen molar-refractivity contribution >= 4 is 11.7 Å². The van der Waals surface area contributed by atoms with Gasteiger partial charge in [-0.05, 0) is 24.3 Å². The molecular weight excluding hydrogens is 455 g/mol. The number of amides is 1. The van der Waals surface area contributed by atoms with E-state index in [-0.39, 0.29) is 5.91 Å². The molecule has 3 heterocycles. The Bertz CT molecular complexity index is 1300. The lowest BCUT2D eigenvalue weighted by atomic mass is 10.1. The average molecular weight is 477 g/mol. The minimum Gasteiger partial charge on any atom is -0.353 e. The van der Waals surface area contributed by atoms with Crippen LogP contribution in [-0.2, 0) is 6.18 Å². The molecule has 0 atom stereocenters. The Balaban J connectivity index is 1.36. The van der Waals surface area contributed by atoms with Crippen molar-refractivity contribution < 1.29 is 18.0 Å². The van der Waals surface area contributed by atoms with Gasteiger partial charge < -0.3 is 9.80 Å². The Morgan fingerprint density at radius 2 is 1.49 bits per heavy atom. The van der Waals surface area contributed by atoms with E-state index in [9.17, 15) is 18.0 Å². The van der Waals surface area contributed by atoms with Crippen LogP contribution in [0.3, 0.4) is 0 Å². The molecule has 0 spiro atoms. The number of benzene rings is 2. The Hall–Kier alpha value is -4.14. The second-order valence-electron chi connectivity index (χ2n) is 8.22. The fourth-order valence-electron chi connectivity index (χ4n) is 4.10. The van der Waals surface area contributed by atoms with Gasteiger partial charge in [-0.3, -0.25) is 4.79 Å². The van der Waals surface area contributed by atoms with Crippen LogP contribution >= 0.6 is 0 Å². The largest absolute Gasteiger partial charge is 0.417 e. The lowest BCUT2D eigenvalue weighted by molar-refractivity contribution is -0.137. The van der Waals surface area contributed by atoms with Gasteiger partial charge in [0.05, 0.1) is 16.8 Å². The quantitative estimate of drug-likeness (QED) is 0.419. The number of piperazine rings is 1. The molecule has 0 bridgehead atoms. The summed E-state index contributed by atoms with van der Waals surface area (Å²) in [5, 5.41) is 4.71. The highest BCUT2D eigenvalue weighted by Crippen LogP contribution is 2.30. The smallest absolute Gasteiger partial charge is 0.353 e. The monoisotopic (exact) mass is 477 g/mol. The number of anilines is 1. The Morgan fingerprint density at radius 3 is 2.09 bits per heavy atom. The van der Waals surface area contributed by atoms with Crippen molar-refractivity contribution in [3.63, 3.8) is 0 Å². The number of aromatic nitrogens is 3. The summed E-state index contributed by atoms with van der Waals surface area (Å²) in [6.07, 6.45) is -1.82. The molecule has 1 amide bonds. The van der Waals surface area contributed by atoms with Crippen LogP contribution < -0.4 is 4.90 Å². The first-order chi connectivity index (χ1) is 16.9. The number of para-hydroxylation sites is 1. The molecule has 1 aliphatic rings. The molecule has 0 unspecified atom stereocenters. The Morgan fingerprint density at radius 1 is 0.829 bits per heavy atom. The zero-order valence-corrected chi connectivity index (χ0v) is 18.7. The van der Waals surface area contributed by atoms with Gasteiger partial charge in [-0.15, -0.1) is 0 Å². The molecule has 2 aromatic heterocycles. The van der Waals surface area contributed by atoms with Gasteiger partial charge in [-0.25, -0.2) is 9.67 Å². The highest BCUT2D eigenvalue weighted by Gasteiger charge is 2.31. The predicted octanol–water partition coefficient (Wildman–Crippen LogP) is 4.92. The number of halogens is 3. The number of hydrogen-bond acceptors (Lipinski definition) is 4. The zero-order valence-electron chi connectivity index (χ0n) is 18.7. The first kappa shape index (κ1) is 22.6. The van der Waals surface area contributed by atoms with Crippen LogP contribution in [0.25, 0.3) is 16.9 Å². The lowest BCUT2D eigenvalue weighted by Gasteiger charge is -2.35. The van der Waals surface area contributed by atoms with Crippen molar-refractivity contribution in [1.29, 1.82) is 0 Å². The molecule has 1 aliphatic heterocycles. The molecule has 35 heavy (non-hydrogen) atoms. The van der Waals surface area contributed by atoms with Crippen LogP contribution in [0, 0.1) is 0 Å². The Kier molecular flexibility index (Phi) is 5.98. The van der Waals surface area contributed by atoms with Crippen LogP contribution in [0.15, 0.2) is 85.2 Å². The third-order valence-electron chi connectivity index (χ3n) is 5.98. The van der Waals surface area contributed by atoms with E-state index in [1.54, 1.807) is 15.8 Å². The molecule has 9 heteroatoms. The van der Waals surface area contributed by atoms with Gasteiger partial charge in [0.1, 0.15) is 11.5 Å². The van der Waals surface area contributed by atoms with Gasteiger partial charge in [-0.2, -0.15) is 18.3 Å². The van der Waals surface area contributed by atoms with Gasteiger partial charge in [0.2, 0.25) is 0 Å². The van der Waals surface area contributed by atoms with E-state index in [0.717, 1.165) is 23.5 Å². The normalized spacial score (nSPS) is 14.3. The molecule has 178 valence electrons. The predicted molar refractivity (Wildman–Crippen MR) is 126 cm³/mol. The SMILES string of the molecule is O=C(c1cn(-c2ccccc2)nc1-c1ccccc1)N1CCN(c2ccc(C(F)(F)F)cn2)CC1. The van der Waals surface area contributed by atoms with E-state index >= 15 is 0 Å². The molecule has 2 aromatic carbocycles. The molecular formula is C26H22F3N5O. The molecule has 0 N–H and O–H groups in total.